The van der Waals surface area contributed by atoms with Gasteiger partial charge in [-0.15, -0.1) is 0 Å². The first-order chi connectivity index (χ1) is 13.1. The number of H-pyrrole nitrogens is 1. The first-order valence-corrected chi connectivity index (χ1v) is 9.12. The Labute approximate surface area is 159 Å². The first kappa shape index (κ1) is 18.7. The highest BCUT2D eigenvalue weighted by atomic mass is 16.5. The summed E-state index contributed by atoms with van der Waals surface area (Å²) < 4.78 is 5.34. The lowest BCUT2D eigenvalue weighted by molar-refractivity contribution is 0.415. The van der Waals surface area contributed by atoms with Crippen LogP contribution in [-0.2, 0) is 0 Å². The van der Waals surface area contributed by atoms with E-state index in [-0.39, 0.29) is 0 Å². The quantitative estimate of drug-likeness (QED) is 0.623. The van der Waals surface area contributed by atoms with Crippen LogP contribution in [-0.4, -0.2) is 40.9 Å². The third-order valence-corrected chi connectivity index (χ3v) is 4.24. The Morgan fingerprint density at radius 2 is 2.00 bits per heavy atom. The van der Waals surface area contributed by atoms with Crippen LogP contribution >= 0.6 is 0 Å². The van der Waals surface area contributed by atoms with Gasteiger partial charge >= 0.3 is 0 Å². The van der Waals surface area contributed by atoms with Gasteiger partial charge in [-0.1, -0.05) is 25.5 Å². The van der Waals surface area contributed by atoms with Crippen LogP contribution in [0.1, 0.15) is 25.5 Å². The molecule has 0 aliphatic carbocycles. The van der Waals surface area contributed by atoms with Gasteiger partial charge in [0, 0.05) is 37.0 Å². The van der Waals surface area contributed by atoms with Gasteiger partial charge in [0.2, 0.25) is 0 Å². The lowest BCUT2D eigenvalue weighted by Crippen LogP contribution is -2.20. The molecule has 2 N–H and O–H groups in total. The smallest absolute Gasteiger partial charge is 0.164 e. The molecular weight excluding hydrogens is 340 g/mol. The molecule has 0 saturated carbocycles. The molecule has 0 radical (unpaired) electrons. The lowest BCUT2D eigenvalue weighted by atomic mass is 10.2. The second kappa shape index (κ2) is 8.53. The Bertz CT molecular complexity index is 892. The number of rotatable bonds is 8. The highest BCUT2D eigenvalue weighted by Crippen LogP contribution is 2.26. The summed E-state index contributed by atoms with van der Waals surface area (Å²) in [5, 5.41) is 10.4. The van der Waals surface area contributed by atoms with E-state index in [0.717, 1.165) is 48.0 Å². The van der Waals surface area contributed by atoms with Crippen molar-refractivity contribution in [3.63, 3.8) is 0 Å². The summed E-state index contributed by atoms with van der Waals surface area (Å²) in [7, 11) is 3.71. The van der Waals surface area contributed by atoms with Gasteiger partial charge < -0.3 is 15.0 Å². The summed E-state index contributed by atoms with van der Waals surface area (Å²) >= 11 is 0. The van der Waals surface area contributed by atoms with E-state index >= 15 is 0 Å². The number of hydrogen-bond donors (Lipinski definition) is 2. The number of methoxy groups -OCH3 is 1. The van der Waals surface area contributed by atoms with Gasteiger partial charge in [-0.05, 0) is 25.5 Å². The molecular formula is C20H26N6O. The number of aromatic nitrogens is 4. The van der Waals surface area contributed by atoms with Gasteiger partial charge in [0.1, 0.15) is 17.4 Å². The molecule has 27 heavy (non-hydrogen) atoms. The first-order valence-electron chi connectivity index (χ1n) is 9.12. The Morgan fingerprint density at radius 3 is 2.70 bits per heavy atom. The molecule has 0 saturated heterocycles. The van der Waals surface area contributed by atoms with Gasteiger partial charge in [0.05, 0.1) is 7.11 Å². The molecule has 0 amide bonds. The van der Waals surface area contributed by atoms with Crippen LogP contribution in [0.25, 0.3) is 11.4 Å². The molecule has 2 aromatic heterocycles. The minimum absolute atomic E-state index is 0.643. The molecule has 2 heterocycles. The van der Waals surface area contributed by atoms with Crippen molar-refractivity contribution in [2.24, 2.45) is 0 Å². The van der Waals surface area contributed by atoms with Crippen LogP contribution in [0.4, 0.5) is 17.5 Å². The monoisotopic (exact) mass is 366 g/mol. The normalized spacial score (nSPS) is 10.7. The van der Waals surface area contributed by atoms with Crippen molar-refractivity contribution >= 4 is 17.5 Å². The molecule has 0 atom stereocenters. The molecule has 3 rings (SSSR count). The third kappa shape index (κ3) is 4.75. The van der Waals surface area contributed by atoms with Crippen molar-refractivity contribution in [1.82, 2.24) is 20.2 Å². The zero-order chi connectivity index (χ0) is 19.2. The van der Waals surface area contributed by atoms with Gasteiger partial charge in [0.25, 0.3) is 0 Å². The van der Waals surface area contributed by atoms with Crippen molar-refractivity contribution in [1.29, 1.82) is 0 Å². The number of aryl methyl sites for hydroxylation is 1. The zero-order valence-electron chi connectivity index (χ0n) is 16.3. The Hall–Kier alpha value is -3.09. The molecule has 1 aromatic carbocycles. The largest absolute Gasteiger partial charge is 0.497 e. The zero-order valence-corrected chi connectivity index (χ0v) is 16.3. The van der Waals surface area contributed by atoms with Crippen molar-refractivity contribution in [3.8, 4) is 17.1 Å². The van der Waals surface area contributed by atoms with Gasteiger partial charge in [-0.25, -0.2) is 9.97 Å². The fourth-order valence-corrected chi connectivity index (χ4v) is 2.71. The maximum atomic E-state index is 5.34. The maximum Gasteiger partial charge on any atom is 0.164 e. The summed E-state index contributed by atoms with van der Waals surface area (Å²) in [6.07, 6.45) is 2.24. The fourth-order valence-electron chi connectivity index (χ4n) is 2.71. The summed E-state index contributed by atoms with van der Waals surface area (Å²) in [4.78, 5) is 11.6. The molecule has 0 bridgehead atoms. The summed E-state index contributed by atoms with van der Waals surface area (Å²) in [6.45, 7) is 5.08. The standard InChI is InChI=1S/C20H26N6O/c1-5-6-10-26(3)19-13-17(21-18-11-14(2)24-25-18)22-20(23-19)15-8-7-9-16(12-15)27-4/h7-9,11-13H,5-6,10H2,1-4H3,(H2,21,22,23,24,25). The second-order valence-electron chi connectivity index (χ2n) is 6.50. The van der Waals surface area contributed by atoms with Crippen LogP contribution in [0, 0.1) is 6.92 Å². The van der Waals surface area contributed by atoms with E-state index in [0.29, 0.717) is 11.6 Å². The average molecular weight is 366 g/mol. The average Bonchev–Trinajstić information content (AvgIpc) is 3.10. The van der Waals surface area contributed by atoms with E-state index in [1.165, 1.54) is 0 Å². The SMILES string of the molecule is CCCCN(C)c1cc(Nc2cc(C)[nH]n2)nc(-c2cccc(OC)c2)n1. The van der Waals surface area contributed by atoms with Crippen LogP contribution in [0.2, 0.25) is 0 Å². The highest BCUT2D eigenvalue weighted by molar-refractivity contribution is 5.65. The summed E-state index contributed by atoms with van der Waals surface area (Å²) in [5.41, 5.74) is 1.89. The van der Waals surface area contributed by atoms with Crippen molar-refractivity contribution in [2.75, 3.05) is 30.9 Å². The predicted molar refractivity (Wildman–Crippen MR) is 109 cm³/mol. The minimum atomic E-state index is 0.643. The van der Waals surface area contributed by atoms with E-state index in [1.807, 2.05) is 43.3 Å². The van der Waals surface area contributed by atoms with Crippen LogP contribution in [0.5, 0.6) is 5.75 Å². The number of nitrogens with zero attached hydrogens (tertiary/aromatic N) is 4. The number of nitrogens with one attached hydrogen (secondary N) is 2. The molecule has 7 nitrogen and oxygen atoms in total. The summed E-state index contributed by atoms with van der Waals surface area (Å²) in [6, 6.07) is 11.7. The fraction of sp³-hybridized carbons (Fsp3) is 0.350. The molecule has 3 aromatic rings. The van der Waals surface area contributed by atoms with Crippen molar-refractivity contribution in [3.05, 3.63) is 42.1 Å². The van der Waals surface area contributed by atoms with Crippen LogP contribution < -0.4 is 15.0 Å². The highest BCUT2D eigenvalue weighted by Gasteiger charge is 2.12. The molecule has 0 fully saturated rings. The van der Waals surface area contributed by atoms with E-state index < -0.39 is 0 Å². The van der Waals surface area contributed by atoms with Crippen molar-refractivity contribution in [2.45, 2.75) is 26.7 Å². The number of benzene rings is 1. The van der Waals surface area contributed by atoms with Crippen molar-refractivity contribution < 1.29 is 4.74 Å². The molecule has 0 aliphatic heterocycles. The van der Waals surface area contributed by atoms with E-state index in [2.05, 4.69) is 39.4 Å². The molecule has 0 spiro atoms. The molecule has 7 heteroatoms. The Balaban J connectivity index is 1.98. The maximum absolute atomic E-state index is 5.34. The lowest BCUT2D eigenvalue weighted by Gasteiger charge is -2.19. The number of ether oxygens (including phenoxy) is 1. The van der Waals surface area contributed by atoms with E-state index in [9.17, 15) is 0 Å². The van der Waals surface area contributed by atoms with Gasteiger partial charge in [0.15, 0.2) is 11.6 Å². The topological polar surface area (TPSA) is 79.0 Å². The number of anilines is 3. The molecule has 0 aliphatic rings. The Kier molecular flexibility index (Phi) is 5.90. The Morgan fingerprint density at radius 1 is 1.15 bits per heavy atom. The third-order valence-electron chi connectivity index (χ3n) is 4.24. The van der Waals surface area contributed by atoms with E-state index in [1.54, 1.807) is 7.11 Å². The molecule has 0 unspecified atom stereocenters. The van der Waals surface area contributed by atoms with E-state index in [4.69, 9.17) is 9.72 Å². The summed E-state index contributed by atoms with van der Waals surface area (Å²) in [5.74, 6) is 3.71. The number of hydrogen-bond acceptors (Lipinski definition) is 6. The van der Waals surface area contributed by atoms with Gasteiger partial charge in [-0.3, -0.25) is 5.10 Å². The van der Waals surface area contributed by atoms with Gasteiger partial charge in [-0.2, -0.15) is 5.10 Å². The molecule has 142 valence electrons. The number of unbranched alkanes of at least 4 members (excludes halogenated alkanes) is 1. The van der Waals surface area contributed by atoms with Crippen LogP contribution in [0.3, 0.4) is 0 Å². The predicted octanol–water partition coefficient (Wildman–Crippen LogP) is 4.16. The number of aromatic amines is 1. The van der Waals surface area contributed by atoms with Crippen LogP contribution in [0.15, 0.2) is 36.4 Å². The minimum Gasteiger partial charge on any atom is -0.497 e. The second-order valence-corrected chi connectivity index (χ2v) is 6.50.